The van der Waals surface area contributed by atoms with Gasteiger partial charge in [0.1, 0.15) is 5.58 Å². The molecule has 0 spiro atoms. The Morgan fingerprint density at radius 1 is 0.768 bits per heavy atom. The summed E-state index contributed by atoms with van der Waals surface area (Å²) in [6.07, 6.45) is 12.0. The van der Waals surface area contributed by atoms with E-state index in [0.29, 0.717) is 5.92 Å². The molecule has 0 unspecified atom stereocenters. The molecule has 1 radical (unpaired) electrons. The molecule has 56 heavy (non-hydrogen) atoms. The average molecular weight is 978 g/mol. The number of pyridine rings is 2. The van der Waals surface area contributed by atoms with Gasteiger partial charge in [-0.15, -0.1) is 18.2 Å². The van der Waals surface area contributed by atoms with Crippen molar-refractivity contribution < 1.29 is 24.5 Å². The maximum absolute atomic E-state index is 6.35. The van der Waals surface area contributed by atoms with E-state index in [1.165, 1.54) is 59.9 Å². The van der Waals surface area contributed by atoms with E-state index < -0.39 is 13.3 Å². The van der Waals surface area contributed by atoms with Crippen LogP contribution in [-0.4, -0.2) is 23.2 Å². The molecule has 291 valence electrons. The summed E-state index contributed by atoms with van der Waals surface area (Å²) in [5.74, 6) is 8.81. The summed E-state index contributed by atoms with van der Waals surface area (Å²) in [5.41, 5.74) is 12.4. The van der Waals surface area contributed by atoms with Crippen molar-refractivity contribution in [2.24, 2.45) is 5.92 Å². The molecular formula is C51H56GeIrN2O-2. The van der Waals surface area contributed by atoms with E-state index in [4.69, 9.17) is 9.40 Å². The largest absolute Gasteiger partial charge is 0 e. The predicted molar refractivity (Wildman–Crippen MR) is 236 cm³/mol. The van der Waals surface area contributed by atoms with Gasteiger partial charge >= 0.3 is 163 Å². The van der Waals surface area contributed by atoms with Crippen LogP contribution in [0, 0.1) is 18.1 Å². The molecule has 7 aromatic rings. The molecule has 3 aromatic heterocycles. The van der Waals surface area contributed by atoms with Crippen LogP contribution in [0.25, 0.3) is 55.6 Å². The molecule has 0 bridgehead atoms. The summed E-state index contributed by atoms with van der Waals surface area (Å²) in [4.78, 5) is 9.50. The van der Waals surface area contributed by atoms with Crippen molar-refractivity contribution in [1.29, 1.82) is 0 Å². The Morgan fingerprint density at radius 3 is 2.23 bits per heavy atom. The molecule has 0 saturated heterocycles. The predicted octanol–water partition coefficient (Wildman–Crippen LogP) is 13.8. The quantitative estimate of drug-likeness (QED) is 0.118. The molecule has 3 heterocycles. The minimum Gasteiger partial charge on any atom is 0 e. The average Bonchev–Trinajstić information content (AvgIpc) is 3.56. The molecule has 4 aromatic carbocycles. The fraction of sp³-hybridized carbons (Fsp3) is 0.333. The first kappa shape index (κ1) is 41.8. The number of benzene rings is 4. The van der Waals surface area contributed by atoms with Gasteiger partial charge < -0.3 is 9.40 Å². The SMILES string of the molecule is CC(C)(C)c1ccnc(-c2[c-]ccc3c2oc2cc(-c4ccccc4)ccc23)c1.CC(C)Cc1cc(-c2[c-]ccc(C3CCCCC3)c2)nc[c]1[Ge]([CH3])([CH3])[CH3].[Ir]. The van der Waals surface area contributed by atoms with Crippen LogP contribution in [0.15, 0.2) is 114 Å². The summed E-state index contributed by atoms with van der Waals surface area (Å²) in [6.45, 7) is 11.3. The van der Waals surface area contributed by atoms with E-state index in [2.05, 4.69) is 160 Å². The summed E-state index contributed by atoms with van der Waals surface area (Å²) in [7, 11) is 0. The summed E-state index contributed by atoms with van der Waals surface area (Å²) >= 11 is -1.91. The van der Waals surface area contributed by atoms with Crippen molar-refractivity contribution in [3.05, 3.63) is 138 Å². The number of hydrogen-bond donors (Lipinski definition) is 0. The second-order valence-corrected chi connectivity index (χ2v) is 28.5. The maximum Gasteiger partial charge on any atom is 0 e. The number of rotatable bonds is 7. The van der Waals surface area contributed by atoms with Crippen LogP contribution < -0.4 is 4.40 Å². The van der Waals surface area contributed by atoms with Crippen molar-refractivity contribution in [1.82, 2.24) is 9.97 Å². The molecule has 1 aliphatic rings. The summed E-state index contributed by atoms with van der Waals surface area (Å²) in [5, 5.41) is 2.21. The number of nitrogens with zero attached hydrogens (tertiary/aromatic N) is 2. The minimum atomic E-state index is -1.91. The number of hydrogen-bond acceptors (Lipinski definition) is 3. The number of fused-ring (bicyclic) bond motifs is 3. The van der Waals surface area contributed by atoms with Gasteiger partial charge in [0.15, 0.2) is 0 Å². The topological polar surface area (TPSA) is 38.9 Å². The molecule has 3 nitrogen and oxygen atoms in total. The van der Waals surface area contributed by atoms with Gasteiger partial charge in [0.25, 0.3) is 0 Å². The first-order valence-electron chi connectivity index (χ1n) is 20.3. The van der Waals surface area contributed by atoms with E-state index in [1.54, 1.807) is 4.40 Å². The van der Waals surface area contributed by atoms with Crippen LogP contribution in [0.2, 0.25) is 17.3 Å². The zero-order valence-electron chi connectivity index (χ0n) is 34.4. The minimum absolute atomic E-state index is 0. The molecule has 0 atom stereocenters. The smallest absolute Gasteiger partial charge is 0 e. The molecule has 8 rings (SSSR count). The van der Waals surface area contributed by atoms with Crippen LogP contribution in [0.3, 0.4) is 0 Å². The van der Waals surface area contributed by atoms with Crippen molar-refractivity contribution in [3.8, 4) is 33.6 Å². The van der Waals surface area contributed by atoms with Gasteiger partial charge in [0.2, 0.25) is 0 Å². The zero-order valence-corrected chi connectivity index (χ0v) is 38.9. The second kappa shape index (κ2) is 17.8. The van der Waals surface area contributed by atoms with Gasteiger partial charge in [-0.2, -0.15) is 0 Å². The van der Waals surface area contributed by atoms with Gasteiger partial charge in [0.05, 0.1) is 5.58 Å². The van der Waals surface area contributed by atoms with Gasteiger partial charge in [-0.05, 0) is 39.9 Å². The second-order valence-electron chi connectivity index (χ2n) is 17.9. The molecule has 1 fully saturated rings. The van der Waals surface area contributed by atoms with E-state index in [0.717, 1.165) is 56.8 Å². The first-order valence-corrected chi connectivity index (χ1v) is 27.6. The van der Waals surface area contributed by atoms with Gasteiger partial charge in [-0.1, -0.05) is 80.3 Å². The summed E-state index contributed by atoms with van der Waals surface area (Å²) < 4.78 is 7.92. The van der Waals surface area contributed by atoms with Crippen LogP contribution in [0.1, 0.15) is 89.3 Å². The van der Waals surface area contributed by atoms with Crippen LogP contribution in [0.4, 0.5) is 0 Å². The Morgan fingerprint density at radius 2 is 1.52 bits per heavy atom. The Balaban J connectivity index is 0.000000188. The van der Waals surface area contributed by atoms with Crippen molar-refractivity contribution >= 4 is 39.6 Å². The van der Waals surface area contributed by atoms with Gasteiger partial charge in [-0.25, -0.2) is 0 Å². The fourth-order valence-corrected chi connectivity index (χ4v) is 11.4. The van der Waals surface area contributed by atoms with Crippen LogP contribution in [-0.2, 0) is 31.9 Å². The van der Waals surface area contributed by atoms with E-state index in [1.807, 2.05) is 18.3 Å². The molecule has 5 heteroatoms. The fourth-order valence-electron chi connectivity index (χ4n) is 8.03. The van der Waals surface area contributed by atoms with Crippen molar-refractivity contribution in [2.75, 3.05) is 0 Å². The van der Waals surface area contributed by atoms with Crippen molar-refractivity contribution in [2.45, 2.75) is 102 Å². The monoisotopic (exact) mass is 979 g/mol. The molecule has 0 aliphatic heterocycles. The van der Waals surface area contributed by atoms with Gasteiger partial charge in [-0.3, -0.25) is 0 Å². The zero-order chi connectivity index (χ0) is 38.7. The first-order chi connectivity index (χ1) is 26.3. The molecule has 0 amide bonds. The molecule has 1 aliphatic carbocycles. The van der Waals surface area contributed by atoms with Gasteiger partial charge in [0, 0.05) is 31.7 Å². The summed E-state index contributed by atoms with van der Waals surface area (Å²) in [6, 6.07) is 41.0. The Labute approximate surface area is 351 Å². The third kappa shape index (κ3) is 9.64. The Hall–Kier alpha value is -3.83. The van der Waals surface area contributed by atoms with E-state index >= 15 is 0 Å². The third-order valence-electron chi connectivity index (χ3n) is 11.0. The number of furan rings is 1. The van der Waals surface area contributed by atoms with Crippen LogP contribution in [0.5, 0.6) is 0 Å². The molecular weight excluding hydrogens is 921 g/mol. The van der Waals surface area contributed by atoms with Crippen LogP contribution >= 0.6 is 0 Å². The van der Waals surface area contributed by atoms with E-state index in [9.17, 15) is 0 Å². The molecule has 0 N–H and O–H groups in total. The van der Waals surface area contributed by atoms with Crippen molar-refractivity contribution in [3.63, 3.8) is 0 Å². The normalized spacial score (nSPS) is 13.7. The Bertz CT molecular complexity index is 2390. The number of aromatic nitrogens is 2. The Kier molecular flexibility index (Phi) is 13.3. The maximum atomic E-state index is 6.35. The molecule has 1 saturated carbocycles. The standard InChI is InChI=1S/C27H22NO.C24H34GeN.Ir/c1-27(2,3)20-14-15-28-24(17-20)23-11-7-10-22-21-13-12-19(16-25(21)29-26(22)23)18-8-5-4-6-9-18;1-18(2)14-22-16-24(26-17-23(22)25(3,4)5)21-13-9-12-20(15-21)19-10-7-6-8-11-19;/h4-10,12-17H,1-3H3;9,12,15-19H,6-8,10-11,14H2,1-5H3;/q2*-1;. The van der Waals surface area contributed by atoms with E-state index in [-0.39, 0.29) is 25.5 Å². The third-order valence-corrected chi connectivity index (χ3v) is 15.4.